The van der Waals surface area contributed by atoms with E-state index in [-0.39, 0.29) is 12.6 Å². The lowest BCUT2D eigenvalue weighted by molar-refractivity contribution is 0.0669. The summed E-state index contributed by atoms with van der Waals surface area (Å²) in [6.07, 6.45) is 0. The smallest absolute Gasteiger partial charge is 0.375 e. The highest BCUT2D eigenvalue weighted by atomic mass is 28.3. The molecule has 1 heterocycles. The highest BCUT2D eigenvalue weighted by molar-refractivity contribution is 6.76. The van der Waals surface area contributed by atoms with Crippen LogP contribution in [0, 0.1) is 0 Å². The van der Waals surface area contributed by atoms with Crippen LogP contribution in [0.25, 0.3) is 11.4 Å². The molecule has 6 nitrogen and oxygen atoms in total. The van der Waals surface area contributed by atoms with Gasteiger partial charge in [0.25, 0.3) is 5.82 Å². The average Bonchev–Trinajstić information content (AvgIpc) is 2.88. The SMILES string of the molecule is C[Si](C)(C)CCOCn1nc(C(=O)O)nc1-c1ccccc1. The first-order chi connectivity index (χ1) is 10.4. The maximum Gasteiger partial charge on any atom is 0.375 e. The largest absolute Gasteiger partial charge is 0.475 e. The molecule has 1 aromatic heterocycles. The lowest BCUT2D eigenvalue weighted by Crippen LogP contribution is -2.22. The van der Waals surface area contributed by atoms with Gasteiger partial charge < -0.3 is 9.84 Å². The average molecular weight is 319 g/mol. The number of nitrogens with zero attached hydrogens (tertiary/aromatic N) is 3. The van der Waals surface area contributed by atoms with E-state index in [1.54, 1.807) is 0 Å². The number of carboxylic acids is 1. The van der Waals surface area contributed by atoms with Gasteiger partial charge in [0.05, 0.1) is 0 Å². The van der Waals surface area contributed by atoms with Crippen LogP contribution in [0.5, 0.6) is 0 Å². The van der Waals surface area contributed by atoms with Gasteiger partial charge in [-0.3, -0.25) is 0 Å². The molecule has 0 saturated carbocycles. The van der Waals surface area contributed by atoms with Crippen molar-refractivity contribution in [2.24, 2.45) is 0 Å². The van der Waals surface area contributed by atoms with Crippen LogP contribution in [0.3, 0.4) is 0 Å². The molecule has 0 atom stereocenters. The van der Waals surface area contributed by atoms with Crippen molar-refractivity contribution in [1.29, 1.82) is 0 Å². The van der Waals surface area contributed by atoms with Gasteiger partial charge in [-0.05, 0) is 6.04 Å². The summed E-state index contributed by atoms with van der Waals surface area (Å²) in [5, 5.41) is 13.1. The monoisotopic (exact) mass is 319 g/mol. The Hall–Kier alpha value is -1.99. The fourth-order valence-electron chi connectivity index (χ4n) is 1.85. The molecular formula is C15H21N3O3Si. The summed E-state index contributed by atoms with van der Waals surface area (Å²) in [7, 11) is -1.15. The van der Waals surface area contributed by atoms with Crippen molar-refractivity contribution in [3.05, 3.63) is 36.2 Å². The van der Waals surface area contributed by atoms with Gasteiger partial charge in [0.15, 0.2) is 5.82 Å². The first kappa shape index (κ1) is 16.4. The zero-order valence-corrected chi connectivity index (χ0v) is 14.1. The predicted octanol–water partition coefficient (Wildman–Crippen LogP) is 2.96. The van der Waals surface area contributed by atoms with Gasteiger partial charge in [-0.25, -0.2) is 14.5 Å². The van der Waals surface area contributed by atoms with Gasteiger partial charge in [-0.2, -0.15) is 0 Å². The van der Waals surface area contributed by atoms with Crippen LogP contribution in [0.2, 0.25) is 25.7 Å². The first-order valence-electron chi connectivity index (χ1n) is 7.18. The minimum absolute atomic E-state index is 0.203. The number of aromatic nitrogens is 3. The number of aromatic carboxylic acids is 1. The van der Waals surface area contributed by atoms with Gasteiger partial charge in [0.2, 0.25) is 0 Å². The van der Waals surface area contributed by atoms with Crippen LogP contribution >= 0.6 is 0 Å². The third-order valence-corrected chi connectivity index (χ3v) is 4.81. The van der Waals surface area contributed by atoms with Crippen LogP contribution < -0.4 is 0 Å². The van der Waals surface area contributed by atoms with E-state index in [1.807, 2.05) is 30.3 Å². The molecule has 118 valence electrons. The molecule has 1 aromatic carbocycles. The van der Waals surface area contributed by atoms with Crippen LogP contribution in [0.15, 0.2) is 30.3 Å². The Balaban J connectivity index is 2.14. The maximum atomic E-state index is 11.1. The fraction of sp³-hybridized carbons (Fsp3) is 0.400. The summed E-state index contributed by atoms with van der Waals surface area (Å²) in [5.41, 5.74) is 0.816. The minimum atomic E-state index is -1.15. The number of hydrogen-bond donors (Lipinski definition) is 1. The van der Waals surface area contributed by atoms with E-state index in [4.69, 9.17) is 9.84 Å². The van der Waals surface area contributed by atoms with Crippen LogP contribution in [0.4, 0.5) is 0 Å². The number of carbonyl (C=O) groups is 1. The molecule has 0 amide bonds. The van der Waals surface area contributed by atoms with Gasteiger partial charge >= 0.3 is 5.97 Å². The summed E-state index contributed by atoms with van der Waals surface area (Å²) >= 11 is 0. The Kier molecular flexibility index (Phi) is 5.10. The Labute approximate surface area is 130 Å². The van der Waals surface area contributed by atoms with Crippen molar-refractivity contribution >= 4 is 14.0 Å². The van der Waals surface area contributed by atoms with Crippen molar-refractivity contribution in [3.8, 4) is 11.4 Å². The number of hydrogen-bond acceptors (Lipinski definition) is 4. The molecule has 0 spiro atoms. The minimum Gasteiger partial charge on any atom is -0.475 e. The topological polar surface area (TPSA) is 77.2 Å². The summed E-state index contributed by atoms with van der Waals surface area (Å²) < 4.78 is 7.16. The summed E-state index contributed by atoms with van der Waals surface area (Å²) in [6.45, 7) is 7.69. The lowest BCUT2D eigenvalue weighted by atomic mass is 10.2. The van der Waals surface area contributed by atoms with Crippen molar-refractivity contribution in [3.63, 3.8) is 0 Å². The first-order valence-corrected chi connectivity index (χ1v) is 10.9. The predicted molar refractivity (Wildman–Crippen MR) is 86.5 cm³/mol. The van der Waals surface area contributed by atoms with Gasteiger partial charge in [-0.15, -0.1) is 5.10 Å². The number of carboxylic acid groups (broad SMARTS) is 1. The fourth-order valence-corrected chi connectivity index (χ4v) is 2.61. The van der Waals surface area contributed by atoms with Crippen LogP contribution in [-0.4, -0.2) is 40.5 Å². The molecule has 2 rings (SSSR count). The third-order valence-electron chi connectivity index (χ3n) is 3.10. The summed E-state index contributed by atoms with van der Waals surface area (Å²) in [5.74, 6) is -0.850. The van der Waals surface area contributed by atoms with Crippen molar-refractivity contribution in [2.45, 2.75) is 32.4 Å². The molecule has 0 aliphatic rings. The third kappa shape index (κ3) is 4.50. The van der Waals surface area contributed by atoms with E-state index in [0.717, 1.165) is 11.6 Å². The van der Waals surface area contributed by atoms with Gasteiger partial charge in [0, 0.05) is 20.2 Å². The molecule has 0 aliphatic carbocycles. The molecule has 0 bridgehead atoms. The number of rotatable bonds is 7. The molecule has 0 aliphatic heterocycles. The standard InChI is InChI=1S/C15H21N3O3Si/c1-22(2,3)10-9-21-11-18-14(12-7-5-4-6-8-12)16-13(17-18)15(19)20/h4-8H,9-11H2,1-3H3,(H,19,20). The molecule has 1 N–H and O–H groups in total. The quantitative estimate of drug-likeness (QED) is 0.627. The van der Waals surface area contributed by atoms with E-state index < -0.39 is 14.0 Å². The summed E-state index contributed by atoms with van der Waals surface area (Å²) in [4.78, 5) is 15.2. The Morgan fingerprint density at radius 1 is 1.27 bits per heavy atom. The van der Waals surface area contributed by atoms with Crippen molar-refractivity contribution in [1.82, 2.24) is 14.8 Å². The molecule has 7 heteroatoms. The van der Waals surface area contributed by atoms with E-state index >= 15 is 0 Å². The molecule has 0 unspecified atom stereocenters. The van der Waals surface area contributed by atoms with E-state index in [9.17, 15) is 4.79 Å². The zero-order chi connectivity index (χ0) is 16.2. The van der Waals surface area contributed by atoms with Gasteiger partial charge in [-0.1, -0.05) is 50.0 Å². The van der Waals surface area contributed by atoms with E-state index in [0.29, 0.717) is 12.4 Å². The highest BCUT2D eigenvalue weighted by Crippen LogP contribution is 2.17. The summed E-state index contributed by atoms with van der Waals surface area (Å²) in [6, 6.07) is 10.4. The van der Waals surface area contributed by atoms with Crippen molar-refractivity contribution in [2.75, 3.05) is 6.61 Å². The Morgan fingerprint density at radius 2 is 1.95 bits per heavy atom. The van der Waals surface area contributed by atoms with Crippen LogP contribution in [-0.2, 0) is 11.5 Å². The second kappa shape index (κ2) is 6.84. The van der Waals surface area contributed by atoms with Crippen LogP contribution in [0.1, 0.15) is 10.6 Å². The molecule has 2 aromatic rings. The van der Waals surface area contributed by atoms with Crippen molar-refractivity contribution < 1.29 is 14.6 Å². The lowest BCUT2D eigenvalue weighted by Gasteiger charge is -2.15. The second-order valence-corrected chi connectivity index (χ2v) is 11.9. The normalized spacial score (nSPS) is 11.6. The molecule has 22 heavy (non-hydrogen) atoms. The number of benzene rings is 1. The molecule has 0 fully saturated rings. The zero-order valence-electron chi connectivity index (χ0n) is 13.1. The molecule has 0 radical (unpaired) electrons. The highest BCUT2D eigenvalue weighted by Gasteiger charge is 2.17. The van der Waals surface area contributed by atoms with E-state index in [2.05, 4.69) is 29.7 Å². The molecule has 0 saturated heterocycles. The maximum absolute atomic E-state index is 11.1. The van der Waals surface area contributed by atoms with E-state index in [1.165, 1.54) is 4.68 Å². The molecular weight excluding hydrogens is 298 g/mol. The second-order valence-electron chi connectivity index (χ2n) is 6.28. The number of ether oxygens (including phenoxy) is 1. The van der Waals surface area contributed by atoms with Gasteiger partial charge in [0.1, 0.15) is 6.73 Å². The Bertz CT molecular complexity index is 635. The Morgan fingerprint density at radius 3 is 2.55 bits per heavy atom.